The number of thiophene rings is 1. The number of rotatable bonds is 5. The SMILES string of the molecule is CN(Cc1ccc(Br)s1)C(=O)NCCc1cn2ccccc2n1. The molecule has 120 valence electrons. The van der Waals surface area contributed by atoms with Gasteiger partial charge in [-0.1, -0.05) is 6.07 Å². The number of hydrogen-bond acceptors (Lipinski definition) is 3. The summed E-state index contributed by atoms with van der Waals surface area (Å²) in [6.07, 6.45) is 4.68. The molecule has 3 heterocycles. The van der Waals surface area contributed by atoms with Gasteiger partial charge in [-0.25, -0.2) is 9.78 Å². The van der Waals surface area contributed by atoms with Crippen molar-refractivity contribution < 1.29 is 4.79 Å². The molecule has 3 aromatic rings. The summed E-state index contributed by atoms with van der Waals surface area (Å²) < 4.78 is 3.06. The van der Waals surface area contributed by atoms with Crippen molar-refractivity contribution in [3.8, 4) is 0 Å². The third-order valence-electron chi connectivity index (χ3n) is 3.44. The Morgan fingerprint density at radius 2 is 2.26 bits per heavy atom. The highest BCUT2D eigenvalue weighted by Gasteiger charge is 2.10. The zero-order chi connectivity index (χ0) is 16.2. The second-order valence-corrected chi connectivity index (χ2v) is 7.79. The maximum Gasteiger partial charge on any atom is 0.317 e. The van der Waals surface area contributed by atoms with Crippen molar-refractivity contribution in [2.45, 2.75) is 13.0 Å². The quantitative estimate of drug-likeness (QED) is 0.721. The molecule has 0 bridgehead atoms. The lowest BCUT2D eigenvalue weighted by molar-refractivity contribution is 0.207. The van der Waals surface area contributed by atoms with Crippen LogP contribution in [0.5, 0.6) is 0 Å². The van der Waals surface area contributed by atoms with E-state index in [0.717, 1.165) is 20.0 Å². The van der Waals surface area contributed by atoms with Gasteiger partial charge in [0.05, 0.1) is 16.0 Å². The molecule has 0 aliphatic heterocycles. The molecule has 0 aliphatic carbocycles. The average Bonchev–Trinajstić information content (AvgIpc) is 3.12. The van der Waals surface area contributed by atoms with Crippen molar-refractivity contribution in [1.82, 2.24) is 19.6 Å². The topological polar surface area (TPSA) is 49.6 Å². The third-order valence-corrected chi connectivity index (χ3v) is 5.05. The summed E-state index contributed by atoms with van der Waals surface area (Å²) in [6.45, 7) is 1.18. The summed E-state index contributed by atoms with van der Waals surface area (Å²) in [4.78, 5) is 19.4. The molecular weight excluding hydrogens is 376 g/mol. The molecule has 0 aliphatic rings. The highest BCUT2D eigenvalue weighted by molar-refractivity contribution is 9.11. The maximum absolute atomic E-state index is 12.1. The van der Waals surface area contributed by atoms with E-state index >= 15 is 0 Å². The number of carbonyl (C=O) groups excluding carboxylic acids is 1. The fraction of sp³-hybridized carbons (Fsp3) is 0.250. The highest BCUT2D eigenvalue weighted by atomic mass is 79.9. The van der Waals surface area contributed by atoms with E-state index in [2.05, 4.69) is 26.2 Å². The average molecular weight is 393 g/mol. The van der Waals surface area contributed by atoms with Gasteiger partial charge in [-0.15, -0.1) is 11.3 Å². The van der Waals surface area contributed by atoms with E-state index < -0.39 is 0 Å². The Bertz CT molecular complexity index is 780. The maximum atomic E-state index is 12.1. The Labute approximate surface area is 147 Å². The van der Waals surface area contributed by atoms with Gasteiger partial charge in [0.2, 0.25) is 0 Å². The van der Waals surface area contributed by atoms with Gasteiger partial charge in [-0.2, -0.15) is 0 Å². The second kappa shape index (κ2) is 7.14. The molecule has 0 unspecified atom stereocenters. The third kappa shape index (κ3) is 4.11. The summed E-state index contributed by atoms with van der Waals surface area (Å²) in [7, 11) is 1.80. The van der Waals surface area contributed by atoms with Crippen LogP contribution in [-0.4, -0.2) is 33.9 Å². The molecule has 1 N–H and O–H groups in total. The molecule has 2 amide bonds. The summed E-state index contributed by atoms with van der Waals surface area (Å²) in [5.41, 5.74) is 1.90. The lowest BCUT2D eigenvalue weighted by Crippen LogP contribution is -2.37. The van der Waals surface area contributed by atoms with E-state index in [1.807, 2.05) is 47.1 Å². The second-order valence-electron chi connectivity index (χ2n) is 5.24. The van der Waals surface area contributed by atoms with Crippen LogP contribution >= 0.6 is 27.3 Å². The minimum atomic E-state index is -0.0710. The first kappa shape index (κ1) is 16.0. The van der Waals surface area contributed by atoms with Crippen molar-refractivity contribution in [3.05, 3.63) is 57.1 Å². The molecule has 0 saturated heterocycles. The first-order valence-corrected chi connectivity index (χ1v) is 8.88. The molecule has 23 heavy (non-hydrogen) atoms. The number of pyridine rings is 1. The van der Waals surface area contributed by atoms with Gasteiger partial charge in [0, 0.05) is 37.3 Å². The van der Waals surface area contributed by atoms with Crippen molar-refractivity contribution in [2.75, 3.05) is 13.6 Å². The van der Waals surface area contributed by atoms with E-state index in [4.69, 9.17) is 0 Å². The lowest BCUT2D eigenvalue weighted by Gasteiger charge is -2.16. The van der Waals surface area contributed by atoms with Gasteiger partial charge in [-0.05, 0) is 40.2 Å². The Hall–Kier alpha value is -1.86. The minimum Gasteiger partial charge on any atom is -0.338 e. The number of hydrogen-bond donors (Lipinski definition) is 1. The van der Waals surface area contributed by atoms with Crippen molar-refractivity contribution in [1.29, 1.82) is 0 Å². The van der Waals surface area contributed by atoms with E-state index in [-0.39, 0.29) is 6.03 Å². The van der Waals surface area contributed by atoms with Crippen LogP contribution in [0.15, 0.2) is 46.5 Å². The Morgan fingerprint density at radius 3 is 3.00 bits per heavy atom. The van der Waals surface area contributed by atoms with E-state index in [1.165, 1.54) is 0 Å². The first-order valence-electron chi connectivity index (χ1n) is 7.27. The van der Waals surface area contributed by atoms with Gasteiger partial charge >= 0.3 is 6.03 Å². The Balaban J connectivity index is 1.48. The largest absolute Gasteiger partial charge is 0.338 e. The highest BCUT2D eigenvalue weighted by Crippen LogP contribution is 2.22. The fourth-order valence-corrected chi connectivity index (χ4v) is 3.82. The molecule has 0 aromatic carbocycles. The van der Waals surface area contributed by atoms with Crippen LogP contribution in [-0.2, 0) is 13.0 Å². The van der Waals surface area contributed by atoms with Gasteiger partial charge in [-0.3, -0.25) is 0 Å². The number of aromatic nitrogens is 2. The number of halogens is 1. The fourth-order valence-electron chi connectivity index (χ4n) is 2.28. The number of nitrogens with one attached hydrogen (secondary N) is 1. The van der Waals surface area contributed by atoms with Crippen LogP contribution in [0.1, 0.15) is 10.6 Å². The summed E-state index contributed by atoms with van der Waals surface area (Å²) in [6, 6.07) is 9.85. The molecule has 5 nitrogen and oxygen atoms in total. The summed E-state index contributed by atoms with van der Waals surface area (Å²) in [5, 5.41) is 2.93. The molecule has 0 saturated carbocycles. The predicted molar refractivity (Wildman–Crippen MR) is 95.8 cm³/mol. The van der Waals surface area contributed by atoms with Gasteiger partial charge in [0.15, 0.2) is 0 Å². The van der Waals surface area contributed by atoms with Gasteiger partial charge in [0.25, 0.3) is 0 Å². The van der Waals surface area contributed by atoms with Crippen LogP contribution < -0.4 is 5.32 Å². The number of fused-ring (bicyclic) bond motifs is 1. The number of imidazole rings is 1. The zero-order valence-electron chi connectivity index (χ0n) is 12.7. The number of nitrogens with zero attached hydrogens (tertiary/aromatic N) is 3. The monoisotopic (exact) mass is 392 g/mol. The molecule has 0 fully saturated rings. The van der Waals surface area contributed by atoms with Gasteiger partial charge < -0.3 is 14.6 Å². The zero-order valence-corrected chi connectivity index (χ0v) is 15.1. The van der Waals surface area contributed by atoms with Crippen molar-refractivity contribution >= 4 is 38.9 Å². The first-order chi connectivity index (χ1) is 11.1. The predicted octanol–water partition coefficient (Wildman–Crippen LogP) is 3.54. The lowest BCUT2D eigenvalue weighted by atomic mass is 10.3. The number of urea groups is 1. The molecule has 0 spiro atoms. The standard InChI is InChI=1S/C16H17BrN4OS/c1-20(11-13-5-6-14(17)23-13)16(22)18-8-7-12-10-21-9-3-2-4-15(21)19-12/h2-6,9-10H,7-8,11H2,1H3,(H,18,22). The Morgan fingerprint density at radius 1 is 1.39 bits per heavy atom. The molecule has 3 aromatic heterocycles. The van der Waals surface area contributed by atoms with Crippen LogP contribution in [0.25, 0.3) is 5.65 Å². The van der Waals surface area contributed by atoms with Crippen molar-refractivity contribution in [2.24, 2.45) is 0 Å². The van der Waals surface area contributed by atoms with E-state index in [0.29, 0.717) is 19.5 Å². The van der Waals surface area contributed by atoms with Gasteiger partial charge in [0.1, 0.15) is 5.65 Å². The molecule has 0 radical (unpaired) electrons. The van der Waals surface area contributed by atoms with Crippen LogP contribution in [0, 0.1) is 0 Å². The Kier molecular flexibility index (Phi) is 4.97. The molecule has 0 atom stereocenters. The van der Waals surface area contributed by atoms with Crippen molar-refractivity contribution in [3.63, 3.8) is 0 Å². The number of amides is 2. The smallest absolute Gasteiger partial charge is 0.317 e. The van der Waals surface area contributed by atoms with E-state index in [9.17, 15) is 4.79 Å². The minimum absolute atomic E-state index is 0.0710. The summed E-state index contributed by atoms with van der Waals surface area (Å²) in [5.74, 6) is 0. The van der Waals surface area contributed by atoms with E-state index in [1.54, 1.807) is 23.3 Å². The van der Waals surface area contributed by atoms with Crippen LogP contribution in [0.4, 0.5) is 4.79 Å². The van der Waals surface area contributed by atoms with Crippen LogP contribution in [0.3, 0.4) is 0 Å². The normalized spacial score (nSPS) is 10.9. The number of carbonyl (C=O) groups is 1. The molecular formula is C16H17BrN4OS. The molecule has 7 heteroatoms. The van der Waals surface area contributed by atoms with Crippen LogP contribution in [0.2, 0.25) is 0 Å². The molecule has 3 rings (SSSR count). The summed E-state index contributed by atoms with van der Waals surface area (Å²) >= 11 is 5.07.